The molecule has 2 rings (SSSR count). The van der Waals surface area contributed by atoms with Crippen molar-refractivity contribution in [2.24, 2.45) is 5.92 Å². The molecular weight excluding hydrogens is 312 g/mol. The van der Waals surface area contributed by atoms with Crippen LogP contribution in [0.25, 0.3) is 0 Å². The van der Waals surface area contributed by atoms with Gasteiger partial charge in [-0.05, 0) is 48.0 Å². The van der Waals surface area contributed by atoms with Gasteiger partial charge in [0.2, 0.25) is 0 Å². The Hall–Kier alpha value is -2.03. The number of rotatable bonds is 4. The van der Waals surface area contributed by atoms with Gasteiger partial charge in [0, 0.05) is 11.5 Å². The number of methoxy groups -OCH3 is 1. The first-order valence-electron chi connectivity index (χ1n) is 8.90. The van der Waals surface area contributed by atoms with E-state index in [1.807, 2.05) is 6.92 Å². The van der Waals surface area contributed by atoms with Crippen LogP contribution < -0.4 is 10.2 Å². The molecule has 1 unspecified atom stereocenters. The Labute approximate surface area is 151 Å². The summed E-state index contributed by atoms with van der Waals surface area (Å²) >= 11 is 0. The lowest BCUT2D eigenvalue weighted by molar-refractivity contribution is 0.249. The normalized spacial score (nSPS) is 24.0. The van der Waals surface area contributed by atoms with Crippen LogP contribution in [0.2, 0.25) is 0 Å². The summed E-state index contributed by atoms with van der Waals surface area (Å²) in [6.45, 7) is 14.3. The number of hydrogen-bond donors (Lipinski definition) is 0. The Balaban J connectivity index is 2.81. The average Bonchev–Trinajstić information content (AvgIpc) is 2.52. The molecule has 3 heteroatoms. The van der Waals surface area contributed by atoms with E-state index in [1.54, 1.807) is 14.0 Å². The summed E-state index contributed by atoms with van der Waals surface area (Å²) in [4.78, 5) is 12.7. The minimum absolute atomic E-state index is 0.00606. The van der Waals surface area contributed by atoms with Crippen molar-refractivity contribution in [3.63, 3.8) is 0 Å². The lowest BCUT2D eigenvalue weighted by Crippen LogP contribution is -2.36. The summed E-state index contributed by atoms with van der Waals surface area (Å²) < 4.78 is 11.5. The van der Waals surface area contributed by atoms with Crippen molar-refractivity contribution in [2.45, 2.75) is 60.3 Å². The molecule has 0 fully saturated rings. The highest BCUT2D eigenvalue weighted by Gasteiger charge is 2.42. The van der Waals surface area contributed by atoms with E-state index in [0.29, 0.717) is 22.8 Å². The average molecular weight is 342 g/mol. The smallest absolute Gasteiger partial charge is 0.291 e. The van der Waals surface area contributed by atoms with E-state index in [0.717, 1.165) is 6.42 Å². The third-order valence-electron chi connectivity index (χ3n) is 5.22. The molecule has 0 amide bonds. The van der Waals surface area contributed by atoms with Gasteiger partial charge in [0.05, 0.1) is 18.1 Å². The number of hydrogen-bond acceptors (Lipinski definition) is 3. The van der Waals surface area contributed by atoms with Crippen molar-refractivity contribution in [3.05, 3.63) is 62.1 Å². The predicted octanol–water partition coefficient (Wildman–Crippen LogP) is 5.40. The van der Waals surface area contributed by atoms with E-state index in [4.69, 9.17) is 9.15 Å². The molecule has 25 heavy (non-hydrogen) atoms. The van der Waals surface area contributed by atoms with Crippen LogP contribution in [0.3, 0.4) is 0 Å². The summed E-state index contributed by atoms with van der Waals surface area (Å²) in [6, 6.07) is 0. The standard InChI is InChI=1S/C22H30O3/c1-9-10-14(3)18-15(4)11-13(2)12-22(18,7)20-16(5)19(23)17(6)21(24-8)25-20/h10-12,18H,9H2,1-8H3/b14-10+/t18?,22-/m0/s1. The highest BCUT2D eigenvalue weighted by molar-refractivity contribution is 5.46. The van der Waals surface area contributed by atoms with Crippen LogP contribution in [-0.4, -0.2) is 7.11 Å². The van der Waals surface area contributed by atoms with Gasteiger partial charge in [-0.15, -0.1) is 0 Å². The van der Waals surface area contributed by atoms with Crippen molar-refractivity contribution >= 4 is 0 Å². The Morgan fingerprint density at radius 2 is 1.92 bits per heavy atom. The zero-order valence-electron chi connectivity index (χ0n) is 16.7. The molecule has 0 saturated heterocycles. The second-order valence-electron chi connectivity index (χ2n) is 7.35. The molecule has 2 atom stereocenters. The fraction of sp³-hybridized carbons (Fsp3) is 0.500. The van der Waals surface area contributed by atoms with Crippen molar-refractivity contribution < 1.29 is 9.15 Å². The van der Waals surface area contributed by atoms with Crippen molar-refractivity contribution in [3.8, 4) is 5.95 Å². The molecule has 1 aromatic heterocycles. The van der Waals surface area contributed by atoms with Gasteiger partial charge in [-0.25, -0.2) is 0 Å². The molecular formula is C22H30O3. The molecule has 0 spiro atoms. The van der Waals surface area contributed by atoms with Crippen LogP contribution in [0.5, 0.6) is 5.95 Å². The fourth-order valence-corrected chi connectivity index (χ4v) is 4.41. The van der Waals surface area contributed by atoms with E-state index in [1.165, 1.54) is 16.7 Å². The third kappa shape index (κ3) is 3.24. The van der Waals surface area contributed by atoms with Crippen LogP contribution >= 0.6 is 0 Å². The Bertz CT molecular complexity index is 820. The maximum absolute atomic E-state index is 12.7. The summed E-state index contributed by atoms with van der Waals surface area (Å²) in [5, 5.41) is 0. The van der Waals surface area contributed by atoms with Crippen LogP contribution in [-0.2, 0) is 5.41 Å². The van der Waals surface area contributed by atoms with Gasteiger partial charge < -0.3 is 9.15 Å². The molecule has 0 saturated carbocycles. The number of allylic oxidation sites excluding steroid dienone is 6. The van der Waals surface area contributed by atoms with Crippen LogP contribution in [0.1, 0.15) is 57.9 Å². The lowest BCUT2D eigenvalue weighted by Gasteiger charge is -2.40. The molecule has 136 valence electrons. The second-order valence-corrected chi connectivity index (χ2v) is 7.35. The van der Waals surface area contributed by atoms with Gasteiger partial charge in [-0.3, -0.25) is 4.79 Å². The van der Waals surface area contributed by atoms with Gasteiger partial charge in [0.15, 0.2) is 5.43 Å². The minimum atomic E-state index is -0.428. The minimum Gasteiger partial charge on any atom is -0.468 e. The molecule has 0 radical (unpaired) electrons. The van der Waals surface area contributed by atoms with Crippen molar-refractivity contribution in [2.75, 3.05) is 7.11 Å². The van der Waals surface area contributed by atoms with Gasteiger partial charge in [0.25, 0.3) is 5.95 Å². The molecule has 1 aliphatic rings. The summed E-state index contributed by atoms with van der Waals surface area (Å²) in [5.74, 6) is 1.16. The van der Waals surface area contributed by atoms with Crippen molar-refractivity contribution in [1.82, 2.24) is 0 Å². The largest absolute Gasteiger partial charge is 0.468 e. The molecule has 1 aromatic rings. The highest BCUT2D eigenvalue weighted by Crippen LogP contribution is 2.47. The Kier molecular flexibility index (Phi) is 5.46. The van der Waals surface area contributed by atoms with Crippen molar-refractivity contribution in [1.29, 1.82) is 0 Å². The third-order valence-corrected chi connectivity index (χ3v) is 5.22. The van der Waals surface area contributed by atoms with E-state index in [2.05, 4.69) is 52.8 Å². The maximum Gasteiger partial charge on any atom is 0.291 e. The van der Waals surface area contributed by atoms with Crippen LogP contribution in [0.4, 0.5) is 0 Å². The Morgan fingerprint density at radius 1 is 1.28 bits per heavy atom. The van der Waals surface area contributed by atoms with Crippen LogP contribution in [0, 0.1) is 19.8 Å². The second kappa shape index (κ2) is 7.07. The summed E-state index contributed by atoms with van der Waals surface area (Å²) in [5.41, 5.74) is 4.51. The van der Waals surface area contributed by atoms with E-state index >= 15 is 0 Å². The quantitative estimate of drug-likeness (QED) is 0.688. The highest BCUT2D eigenvalue weighted by atomic mass is 16.6. The summed E-state index contributed by atoms with van der Waals surface area (Å²) in [7, 11) is 1.54. The van der Waals surface area contributed by atoms with E-state index in [9.17, 15) is 4.79 Å². The first-order valence-corrected chi connectivity index (χ1v) is 8.90. The van der Waals surface area contributed by atoms with Crippen LogP contribution in [0.15, 0.2) is 44.2 Å². The number of ether oxygens (including phenoxy) is 1. The van der Waals surface area contributed by atoms with Gasteiger partial charge in [-0.2, -0.15) is 0 Å². The topological polar surface area (TPSA) is 39.4 Å². The fourth-order valence-electron chi connectivity index (χ4n) is 4.41. The van der Waals surface area contributed by atoms with Gasteiger partial charge in [-0.1, -0.05) is 41.9 Å². The predicted molar refractivity (Wildman–Crippen MR) is 103 cm³/mol. The monoisotopic (exact) mass is 342 g/mol. The van der Waals surface area contributed by atoms with E-state index in [-0.39, 0.29) is 11.3 Å². The summed E-state index contributed by atoms with van der Waals surface area (Å²) in [6.07, 6.45) is 7.68. The van der Waals surface area contributed by atoms with E-state index < -0.39 is 5.41 Å². The van der Waals surface area contributed by atoms with Gasteiger partial charge in [0.1, 0.15) is 5.76 Å². The molecule has 1 heterocycles. The maximum atomic E-state index is 12.7. The molecule has 0 N–H and O–H groups in total. The first kappa shape index (κ1) is 19.3. The zero-order valence-corrected chi connectivity index (χ0v) is 16.7. The zero-order chi connectivity index (χ0) is 18.9. The molecule has 1 aliphatic carbocycles. The lowest BCUT2D eigenvalue weighted by atomic mass is 9.64. The SMILES string of the molecule is CC/C=C(\C)C1C(C)=CC(C)=C[C@]1(C)c1oc(OC)c(C)c(=O)c1C. The Morgan fingerprint density at radius 3 is 2.48 bits per heavy atom. The molecule has 0 aromatic carbocycles. The first-order chi connectivity index (χ1) is 11.7. The molecule has 0 bridgehead atoms. The molecule has 0 aliphatic heterocycles. The molecule has 3 nitrogen and oxygen atoms in total. The van der Waals surface area contributed by atoms with Gasteiger partial charge >= 0.3 is 0 Å².